The van der Waals surface area contributed by atoms with Crippen molar-refractivity contribution in [3.63, 3.8) is 0 Å². The molecule has 0 radical (unpaired) electrons. The van der Waals surface area contributed by atoms with Crippen LogP contribution in [0, 0.1) is 0 Å². The second kappa shape index (κ2) is 6.12. The van der Waals surface area contributed by atoms with Crippen LogP contribution < -0.4 is 0 Å². The van der Waals surface area contributed by atoms with E-state index in [0.29, 0.717) is 0 Å². The SMILES string of the molecule is CC(C)=CC(=O)N1C[C@@H](O)C[C@@H]1c1ccccc1C(F)(F)F. The highest BCUT2D eigenvalue weighted by Gasteiger charge is 2.40. The number of allylic oxidation sites excluding steroid dienone is 1. The fourth-order valence-corrected chi connectivity index (χ4v) is 2.73. The fraction of sp³-hybridized carbons (Fsp3) is 0.438. The molecule has 2 rings (SSSR count). The first-order valence-corrected chi connectivity index (χ1v) is 7.00. The zero-order chi connectivity index (χ0) is 16.5. The molecule has 1 N–H and O–H groups in total. The van der Waals surface area contributed by atoms with E-state index >= 15 is 0 Å². The number of alkyl halides is 3. The van der Waals surface area contributed by atoms with Crippen molar-refractivity contribution in [2.45, 2.75) is 38.6 Å². The van der Waals surface area contributed by atoms with Gasteiger partial charge in [-0.1, -0.05) is 23.8 Å². The summed E-state index contributed by atoms with van der Waals surface area (Å²) in [5.74, 6) is -0.376. The van der Waals surface area contributed by atoms with Crippen LogP contribution in [-0.2, 0) is 11.0 Å². The first kappa shape index (κ1) is 16.5. The maximum absolute atomic E-state index is 13.2. The van der Waals surface area contributed by atoms with Crippen molar-refractivity contribution >= 4 is 5.91 Å². The van der Waals surface area contributed by atoms with Crippen LogP contribution in [0.25, 0.3) is 0 Å². The van der Waals surface area contributed by atoms with Gasteiger partial charge in [0, 0.05) is 12.6 Å². The molecule has 120 valence electrons. The number of likely N-dealkylation sites (tertiary alicyclic amines) is 1. The minimum absolute atomic E-state index is 0.0297. The Labute approximate surface area is 127 Å². The first-order chi connectivity index (χ1) is 10.2. The normalized spacial score (nSPS) is 21.8. The van der Waals surface area contributed by atoms with Crippen molar-refractivity contribution in [1.82, 2.24) is 4.90 Å². The molecule has 22 heavy (non-hydrogen) atoms. The second-order valence-corrected chi connectivity index (χ2v) is 5.70. The molecular formula is C16H18F3NO2. The number of benzene rings is 1. The Kier molecular flexibility index (Phi) is 4.60. The molecule has 1 aromatic carbocycles. The highest BCUT2D eigenvalue weighted by Crippen LogP contribution is 2.40. The summed E-state index contributed by atoms with van der Waals surface area (Å²) in [6.07, 6.45) is -3.83. The van der Waals surface area contributed by atoms with Gasteiger partial charge in [0.05, 0.1) is 17.7 Å². The van der Waals surface area contributed by atoms with Crippen molar-refractivity contribution in [2.24, 2.45) is 0 Å². The zero-order valence-electron chi connectivity index (χ0n) is 12.4. The molecule has 0 spiro atoms. The smallest absolute Gasteiger partial charge is 0.391 e. The van der Waals surface area contributed by atoms with Crippen LogP contribution in [0.5, 0.6) is 0 Å². The van der Waals surface area contributed by atoms with E-state index in [-0.39, 0.29) is 24.4 Å². The lowest BCUT2D eigenvalue weighted by Crippen LogP contribution is -2.31. The van der Waals surface area contributed by atoms with Gasteiger partial charge in [-0.15, -0.1) is 0 Å². The van der Waals surface area contributed by atoms with Crippen molar-refractivity contribution in [3.8, 4) is 0 Å². The van der Waals surface area contributed by atoms with Crippen molar-refractivity contribution in [3.05, 3.63) is 47.0 Å². The average molecular weight is 313 g/mol. The van der Waals surface area contributed by atoms with Crippen molar-refractivity contribution in [1.29, 1.82) is 0 Å². The summed E-state index contributed by atoms with van der Waals surface area (Å²) >= 11 is 0. The van der Waals surface area contributed by atoms with Gasteiger partial charge in [-0.2, -0.15) is 13.2 Å². The van der Waals surface area contributed by atoms with E-state index in [1.54, 1.807) is 13.8 Å². The van der Waals surface area contributed by atoms with Crippen LogP contribution in [0.3, 0.4) is 0 Å². The molecule has 0 unspecified atom stereocenters. The number of halogens is 3. The Morgan fingerprint density at radius 1 is 1.32 bits per heavy atom. The largest absolute Gasteiger partial charge is 0.416 e. The van der Waals surface area contributed by atoms with Crippen LogP contribution in [0.1, 0.15) is 37.4 Å². The van der Waals surface area contributed by atoms with Gasteiger partial charge in [-0.25, -0.2) is 0 Å². The number of rotatable bonds is 2. The summed E-state index contributed by atoms with van der Waals surface area (Å²) in [6, 6.07) is 4.44. The van der Waals surface area contributed by atoms with Gasteiger partial charge in [0.25, 0.3) is 0 Å². The average Bonchev–Trinajstić information content (AvgIpc) is 2.79. The number of aliphatic hydroxyl groups is 1. The molecule has 1 aliphatic rings. The predicted molar refractivity (Wildman–Crippen MR) is 76.0 cm³/mol. The maximum atomic E-state index is 13.2. The lowest BCUT2D eigenvalue weighted by Gasteiger charge is -2.26. The van der Waals surface area contributed by atoms with E-state index in [4.69, 9.17) is 0 Å². The number of hydrogen-bond donors (Lipinski definition) is 1. The quantitative estimate of drug-likeness (QED) is 0.851. The van der Waals surface area contributed by atoms with Crippen LogP contribution >= 0.6 is 0 Å². The first-order valence-electron chi connectivity index (χ1n) is 7.00. The van der Waals surface area contributed by atoms with E-state index in [9.17, 15) is 23.1 Å². The van der Waals surface area contributed by atoms with Crippen LogP contribution in [-0.4, -0.2) is 28.6 Å². The number of aliphatic hydroxyl groups excluding tert-OH is 1. The Morgan fingerprint density at radius 3 is 2.55 bits per heavy atom. The monoisotopic (exact) mass is 313 g/mol. The summed E-state index contributed by atoms with van der Waals surface area (Å²) in [7, 11) is 0. The van der Waals surface area contributed by atoms with E-state index in [1.807, 2.05) is 0 Å². The van der Waals surface area contributed by atoms with E-state index in [2.05, 4.69) is 0 Å². The van der Waals surface area contributed by atoms with E-state index in [0.717, 1.165) is 11.6 Å². The Hall–Kier alpha value is -1.82. The van der Waals surface area contributed by atoms with Crippen LogP contribution in [0.4, 0.5) is 13.2 Å². The molecule has 1 saturated heterocycles. The van der Waals surface area contributed by atoms with Gasteiger partial charge >= 0.3 is 6.18 Å². The summed E-state index contributed by atoms with van der Waals surface area (Å²) in [5.41, 5.74) is 0.0282. The van der Waals surface area contributed by atoms with Gasteiger partial charge in [-0.05, 0) is 31.9 Å². The molecule has 2 atom stereocenters. The summed E-state index contributed by atoms with van der Waals surface area (Å²) < 4.78 is 39.5. The van der Waals surface area contributed by atoms with Crippen molar-refractivity contribution < 1.29 is 23.1 Å². The molecular weight excluding hydrogens is 295 g/mol. The molecule has 0 bridgehead atoms. The summed E-state index contributed by atoms with van der Waals surface area (Å²) in [5, 5.41) is 9.81. The maximum Gasteiger partial charge on any atom is 0.416 e. The van der Waals surface area contributed by atoms with Gasteiger partial charge in [-0.3, -0.25) is 4.79 Å². The predicted octanol–water partition coefficient (Wildman–Crippen LogP) is 3.31. The topological polar surface area (TPSA) is 40.5 Å². The van der Waals surface area contributed by atoms with Gasteiger partial charge < -0.3 is 10.0 Å². The molecule has 0 aromatic heterocycles. The lowest BCUT2D eigenvalue weighted by atomic mass is 9.97. The number of nitrogens with zero attached hydrogens (tertiary/aromatic N) is 1. The fourth-order valence-electron chi connectivity index (χ4n) is 2.73. The molecule has 1 aromatic rings. The number of carbonyl (C=O) groups excluding carboxylic acids is 1. The van der Waals surface area contributed by atoms with E-state index in [1.165, 1.54) is 29.2 Å². The third-order valence-electron chi connectivity index (χ3n) is 3.60. The minimum atomic E-state index is -4.49. The molecule has 3 nitrogen and oxygen atoms in total. The standard InChI is InChI=1S/C16H18F3NO2/c1-10(2)7-15(22)20-9-11(21)8-14(20)12-5-3-4-6-13(12)16(17,18)19/h3-7,11,14,21H,8-9H2,1-2H3/t11-,14+/m0/s1. The summed E-state index contributed by atoms with van der Waals surface area (Å²) in [6.45, 7) is 3.52. The van der Waals surface area contributed by atoms with Crippen LogP contribution in [0.15, 0.2) is 35.9 Å². The molecule has 0 aliphatic carbocycles. The van der Waals surface area contributed by atoms with Crippen molar-refractivity contribution in [2.75, 3.05) is 6.54 Å². The van der Waals surface area contributed by atoms with Gasteiger partial charge in [0.2, 0.25) is 5.91 Å². The third-order valence-corrected chi connectivity index (χ3v) is 3.60. The molecule has 1 aliphatic heterocycles. The lowest BCUT2D eigenvalue weighted by molar-refractivity contribution is -0.139. The highest BCUT2D eigenvalue weighted by atomic mass is 19.4. The minimum Gasteiger partial charge on any atom is -0.391 e. The molecule has 1 fully saturated rings. The van der Waals surface area contributed by atoms with Gasteiger partial charge in [0.1, 0.15) is 0 Å². The Morgan fingerprint density at radius 2 is 1.95 bits per heavy atom. The molecule has 6 heteroatoms. The number of hydrogen-bond acceptors (Lipinski definition) is 2. The highest BCUT2D eigenvalue weighted by molar-refractivity contribution is 5.88. The van der Waals surface area contributed by atoms with E-state index < -0.39 is 23.9 Å². The number of β-amino-alcohol motifs (C(OH)–C–C–N with tert-alkyl or cyclic N) is 1. The van der Waals surface area contributed by atoms with Gasteiger partial charge in [0.15, 0.2) is 0 Å². The number of carbonyl (C=O) groups is 1. The number of amides is 1. The van der Waals surface area contributed by atoms with Crippen LogP contribution in [0.2, 0.25) is 0 Å². The Balaban J connectivity index is 2.42. The Bertz CT molecular complexity index is 591. The zero-order valence-corrected chi connectivity index (χ0v) is 12.4. The third kappa shape index (κ3) is 3.50. The summed E-state index contributed by atoms with van der Waals surface area (Å²) in [4.78, 5) is 13.5. The molecule has 0 saturated carbocycles. The molecule has 1 amide bonds. The molecule has 1 heterocycles. The second-order valence-electron chi connectivity index (χ2n) is 5.70.